The molecule has 0 aliphatic carbocycles. The smallest absolute Gasteiger partial charge is 0.269 e. The van der Waals surface area contributed by atoms with Crippen molar-refractivity contribution >= 4 is 16.9 Å². The van der Waals surface area contributed by atoms with Gasteiger partial charge < -0.3 is 5.73 Å². The van der Waals surface area contributed by atoms with Gasteiger partial charge in [0.1, 0.15) is 5.69 Å². The van der Waals surface area contributed by atoms with Gasteiger partial charge in [0.05, 0.1) is 22.7 Å². The first-order chi connectivity index (χ1) is 10.2. The number of para-hydroxylation sites is 2. The Morgan fingerprint density at radius 2 is 1.62 bits per heavy atom. The molecule has 0 aliphatic heterocycles. The van der Waals surface area contributed by atoms with Gasteiger partial charge in [-0.05, 0) is 24.3 Å². The Kier molecular flexibility index (Phi) is 3.05. The van der Waals surface area contributed by atoms with Crippen LogP contribution in [-0.4, -0.2) is 15.9 Å². The largest absolute Gasteiger partial charge is 0.364 e. The number of carbonyl (C=O) groups excluding carboxylic acids is 1. The summed E-state index contributed by atoms with van der Waals surface area (Å²) in [4.78, 5) is 20.4. The fraction of sp³-hybridized carbons (Fsp3) is 0. The molecule has 3 rings (SSSR count). The van der Waals surface area contributed by atoms with E-state index in [1.165, 1.54) is 0 Å². The average molecular weight is 274 g/mol. The molecule has 0 aliphatic rings. The summed E-state index contributed by atoms with van der Waals surface area (Å²) >= 11 is 0. The van der Waals surface area contributed by atoms with Crippen molar-refractivity contribution in [1.82, 2.24) is 9.97 Å². The molecule has 0 atom stereocenters. The Balaban J connectivity index is 2.26. The van der Waals surface area contributed by atoms with Crippen LogP contribution in [0.4, 0.5) is 0 Å². The van der Waals surface area contributed by atoms with Crippen molar-refractivity contribution in [2.24, 2.45) is 5.73 Å². The Bertz CT molecular complexity index is 879. The monoisotopic (exact) mass is 274 g/mol. The van der Waals surface area contributed by atoms with E-state index in [-0.39, 0.29) is 5.69 Å². The van der Waals surface area contributed by atoms with Crippen LogP contribution in [0.3, 0.4) is 0 Å². The first kappa shape index (κ1) is 12.8. The van der Waals surface area contributed by atoms with Crippen molar-refractivity contribution < 1.29 is 4.79 Å². The zero-order valence-electron chi connectivity index (χ0n) is 10.9. The molecule has 2 N–H and O–H groups in total. The predicted molar refractivity (Wildman–Crippen MR) is 78.2 cm³/mol. The molecule has 1 heterocycles. The van der Waals surface area contributed by atoms with Crippen LogP contribution >= 0.6 is 0 Å². The normalized spacial score (nSPS) is 10.2. The molecule has 1 aromatic heterocycles. The maximum Gasteiger partial charge on any atom is 0.269 e. The van der Waals surface area contributed by atoms with Crippen LogP contribution in [0.1, 0.15) is 16.1 Å². The van der Waals surface area contributed by atoms with E-state index < -0.39 is 5.91 Å². The molecule has 0 radical (unpaired) electrons. The molecule has 0 saturated heterocycles. The van der Waals surface area contributed by atoms with E-state index in [4.69, 9.17) is 11.0 Å². The van der Waals surface area contributed by atoms with Crippen LogP contribution in [0.5, 0.6) is 0 Å². The van der Waals surface area contributed by atoms with Crippen LogP contribution in [0.15, 0.2) is 48.5 Å². The quantitative estimate of drug-likeness (QED) is 0.775. The minimum atomic E-state index is -0.632. The third-order valence-electron chi connectivity index (χ3n) is 3.09. The maximum atomic E-state index is 11.6. The number of nitrogens with two attached hydrogens (primary N) is 1. The molecule has 5 nitrogen and oxygen atoms in total. The number of primary amides is 1. The highest BCUT2D eigenvalue weighted by Gasteiger charge is 2.15. The van der Waals surface area contributed by atoms with Gasteiger partial charge >= 0.3 is 0 Å². The van der Waals surface area contributed by atoms with Gasteiger partial charge in [-0.25, -0.2) is 9.97 Å². The number of hydrogen-bond acceptors (Lipinski definition) is 4. The molecule has 3 aromatic rings. The van der Waals surface area contributed by atoms with Gasteiger partial charge in [-0.3, -0.25) is 4.79 Å². The highest BCUT2D eigenvalue weighted by Crippen LogP contribution is 2.23. The van der Waals surface area contributed by atoms with Gasteiger partial charge in [-0.15, -0.1) is 0 Å². The van der Waals surface area contributed by atoms with E-state index in [9.17, 15) is 4.79 Å². The lowest BCUT2D eigenvalue weighted by Crippen LogP contribution is -2.15. The van der Waals surface area contributed by atoms with Gasteiger partial charge in [-0.1, -0.05) is 24.3 Å². The van der Waals surface area contributed by atoms with E-state index in [0.29, 0.717) is 27.9 Å². The minimum Gasteiger partial charge on any atom is -0.364 e. The first-order valence-corrected chi connectivity index (χ1v) is 6.26. The van der Waals surface area contributed by atoms with Crippen LogP contribution < -0.4 is 5.73 Å². The fourth-order valence-electron chi connectivity index (χ4n) is 2.08. The van der Waals surface area contributed by atoms with Gasteiger partial charge in [0, 0.05) is 5.56 Å². The van der Waals surface area contributed by atoms with Crippen LogP contribution in [0, 0.1) is 11.3 Å². The number of nitriles is 1. The van der Waals surface area contributed by atoms with Crippen LogP contribution in [0.25, 0.3) is 22.3 Å². The number of aromatic nitrogens is 2. The zero-order chi connectivity index (χ0) is 14.8. The third-order valence-corrected chi connectivity index (χ3v) is 3.09. The van der Waals surface area contributed by atoms with Gasteiger partial charge in [0.15, 0.2) is 5.69 Å². The highest BCUT2D eigenvalue weighted by atomic mass is 16.1. The third kappa shape index (κ3) is 2.30. The Morgan fingerprint density at radius 1 is 1.00 bits per heavy atom. The van der Waals surface area contributed by atoms with Crippen LogP contribution in [0.2, 0.25) is 0 Å². The topological polar surface area (TPSA) is 92.7 Å². The van der Waals surface area contributed by atoms with Crippen molar-refractivity contribution in [2.45, 2.75) is 0 Å². The highest BCUT2D eigenvalue weighted by molar-refractivity contribution is 5.99. The number of benzene rings is 2. The second-order valence-electron chi connectivity index (χ2n) is 4.46. The number of hydrogen-bond donors (Lipinski definition) is 1. The van der Waals surface area contributed by atoms with Crippen molar-refractivity contribution in [3.63, 3.8) is 0 Å². The number of rotatable bonds is 2. The van der Waals surface area contributed by atoms with Crippen LogP contribution in [-0.2, 0) is 0 Å². The van der Waals surface area contributed by atoms with E-state index in [1.807, 2.05) is 24.3 Å². The number of nitrogens with zero attached hydrogens (tertiary/aromatic N) is 3. The van der Waals surface area contributed by atoms with Gasteiger partial charge in [0.2, 0.25) is 0 Å². The maximum absolute atomic E-state index is 11.6. The van der Waals surface area contributed by atoms with E-state index in [2.05, 4.69) is 9.97 Å². The molecule has 2 aromatic carbocycles. The average Bonchev–Trinajstić information content (AvgIpc) is 2.53. The molecule has 100 valence electrons. The number of fused-ring (bicyclic) bond motifs is 1. The van der Waals surface area contributed by atoms with E-state index in [1.54, 1.807) is 30.3 Å². The predicted octanol–water partition coefficient (Wildman–Crippen LogP) is 2.27. The van der Waals surface area contributed by atoms with Crippen molar-refractivity contribution in [3.8, 4) is 17.3 Å². The summed E-state index contributed by atoms with van der Waals surface area (Å²) in [5, 5.41) is 8.83. The molecular formula is C16H10N4O. The summed E-state index contributed by atoms with van der Waals surface area (Å²) in [6.45, 7) is 0. The van der Waals surface area contributed by atoms with Gasteiger partial charge in [-0.2, -0.15) is 5.26 Å². The first-order valence-electron chi connectivity index (χ1n) is 6.26. The SMILES string of the molecule is N#Cc1ccc(-c2nc3ccccc3nc2C(N)=O)cc1. The minimum absolute atomic E-state index is 0.124. The summed E-state index contributed by atoms with van der Waals surface area (Å²) in [5.74, 6) is -0.632. The van der Waals surface area contributed by atoms with E-state index >= 15 is 0 Å². The number of amides is 1. The van der Waals surface area contributed by atoms with Crippen molar-refractivity contribution in [3.05, 3.63) is 59.8 Å². The summed E-state index contributed by atoms with van der Waals surface area (Å²) in [6, 6.07) is 16.1. The summed E-state index contributed by atoms with van der Waals surface area (Å²) in [6.07, 6.45) is 0. The standard InChI is InChI=1S/C16H10N4O/c17-9-10-5-7-11(8-6-10)14-15(16(18)21)20-13-4-2-1-3-12(13)19-14/h1-8H,(H2,18,21). The second kappa shape index (κ2) is 5.02. The number of carbonyl (C=O) groups is 1. The Morgan fingerprint density at radius 3 is 2.19 bits per heavy atom. The molecular weight excluding hydrogens is 264 g/mol. The molecule has 1 amide bonds. The van der Waals surface area contributed by atoms with Gasteiger partial charge in [0.25, 0.3) is 5.91 Å². The van der Waals surface area contributed by atoms with E-state index in [0.717, 1.165) is 0 Å². The summed E-state index contributed by atoms with van der Waals surface area (Å²) in [5.41, 5.74) is 8.48. The Labute approximate surface area is 120 Å². The lowest BCUT2D eigenvalue weighted by atomic mass is 10.1. The molecule has 0 saturated carbocycles. The lowest BCUT2D eigenvalue weighted by molar-refractivity contribution is 0.0996. The Hall–Kier alpha value is -3.26. The fourth-order valence-corrected chi connectivity index (χ4v) is 2.08. The molecule has 0 spiro atoms. The summed E-state index contributed by atoms with van der Waals surface area (Å²) < 4.78 is 0. The molecule has 21 heavy (non-hydrogen) atoms. The lowest BCUT2D eigenvalue weighted by Gasteiger charge is -2.07. The zero-order valence-corrected chi connectivity index (χ0v) is 10.9. The molecule has 0 unspecified atom stereocenters. The molecule has 5 heteroatoms. The molecule has 0 bridgehead atoms. The molecule has 0 fully saturated rings. The second-order valence-corrected chi connectivity index (χ2v) is 4.46. The van der Waals surface area contributed by atoms with Crippen molar-refractivity contribution in [2.75, 3.05) is 0 Å². The van der Waals surface area contributed by atoms with Crippen molar-refractivity contribution in [1.29, 1.82) is 5.26 Å². The summed E-state index contributed by atoms with van der Waals surface area (Å²) in [7, 11) is 0.